The predicted molar refractivity (Wildman–Crippen MR) is 95.5 cm³/mol. The first-order chi connectivity index (χ1) is 12.6. The van der Waals surface area contributed by atoms with Crippen LogP contribution in [0.25, 0.3) is 0 Å². The zero-order valence-corrected chi connectivity index (χ0v) is 14.2. The molecule has 1 amide bonds. The standard InChI is InChI=1S/C18H19N3O5/c22-14(21-5-1-2-6-21)9-20-16-15(17(23)18(16)24)19-8-11-3-4-12-13(7-11)26-10-25-12/h3-4,7,19-20H,1-2,5-6,8-10H2. The Kier molecular flexibility index (Phi) is 4.24. The summed E-state index contributed by atoms with van der Waals surface area (Å²) in [6.45, 7) is 2.08. The summed E-state index contributed by atoms with van der Waals surface area (Å²) in [6.07, 6.45) is 2.02. The van der Waals surface area contributed by atoms with Crippen LogP contribution in [0.15, 0.2) is 27.8 Å². The summed E-state index contributed by atoms with van der Waals surface area (Å²) in [5.41, 5.74) is 0.140. The fraction of sp³-hybridized carbons (Fsp3) is 0.389. The number of ether oxygens (including phenoxy) is 2. The fourth-order valence-corrected chi connectivity index (χ4v) is 3.21. The summed E-state index contributed by atoms with van der Waals surface area (Å²) in [4.78, 5) is 37.5. The summed E-state index contributed by atoms with van der Waals surface area (Å²) in [5.74, 6) is 1.28. The molecular formula is C18H19N3O5. The minimum atomic E-state index is -0.590. The fourth-order valence-electron chi connectivity index (χ4n) is 3.21. The Morgan fingerprint density at radius 1 is 1.00 bits per heavy atom. The van der Waals surface area contributed by atoms with Crippen molar-refractivity contribution < 1.29 is 14.3 Å². The van der Waals surface area contributed by atoms with Crippen molar-refractivity contribution in [3.05, 3.63) is 44.2 Å². The number of carbonyl (C=O) groups is 1. The maximum absolute atomic E-state index is 12.1. The maximum Gasteiger partial charge on any atom is 0.253 e. The number of nitrogens with zero attached hydrogens (tertiary/aromatic N) is 1. The number of fused-ring (bicyclic) bond motifs is 1. The van der Waals surface area contributed by atoms with Gasteiger partial charge in [0.05, 0.1) is 6.54 Å². The molecule has 4 rings (SSSR count). The van der Waals surface area contributed by atoms with Gasteiger partial charge in [0, 0.05) is 19.6 Å². The van der Waals surface area contributed by atoms with Gasteiger partial charge >= 0.3 is 0 Å². The summed E-state index contributed by atoms with van der Waals surface area (Å²) < 4.78 is 10.6. The molecule has 0 aromatic heterocycles. The third-order valence-corrected chi connectivity index (χ3v) is 4.69. The van der Waals surface area contributed by atoms with Crippen LogP contribution in [0.3, 0.4) is 0 Å². The minimum Gasteiger partial charge on any atom is -0.454 e. The van der Waals surface area contributed by atoms with E-state index in [1.165, 1.54) is 0 Å². The van der Waals surface area contributed by atoms with E-state index in [1.54, 1.807) is 11.0 Å². The lowest BCUT2D eigenvalue weighted by atomic mass is 10.1. The Hall–Kier alpha value is -3.03. The van der Waals surface area contributed by atoms with E-state index in [2.05, 4.69) is 10.6 Å². The van der Waals surface area contributed by atoms with Crippen molar-refractivity contribution in [3.63, 3.8) is 0 Å². The number of carbonyl (C=O) groups excluding carboxylic acids is 1. The molecule has 26 heavy (non-hydrogen) atoms. The first kappa shape index (κ1) is 16.4. The van der Waals surface area contributed by atoms with Crippen LogP contribution < -0.4 is 31.0 Å². The average Bonchev–Trinajstić information content (AvgIpc) is 3.34. The molecule has 0 radical (unpaired) electrons. The Balaban J connectivity index is 1.38. The smallest absolute Gasteiger partial charge is 0.253 e. The number of amides is 1. The number of rotatable bonds is 6. The zero-order valence-electron chi connectivity index (χ0n) is 14.2. The van der Waals surface area contributed by atoms with E-state index >= 15 is 0 Å². The Bertz CT molecular complexity index is 910. The van der Waals surface area contributed by atoms with Gasteiger partial charge in [-0.25, -0.2) is 0 Å². The van der Waals surface area contributed by atoms with Gasteiger partial charge in [-0.15, -0.1) is 0 Å². The van der Waals surface area contributed by atoms with Gasteiger partial charge in [-0.3, -0.25) is 14.4 Å². The van der Waals surface area contributed by atoms with E-state index in [0.29, 0.717) is 18.0 Å². The van der Waals surface area contributed by atoms with Gasteiger partial charge in [0.25, 0.3) is 10.9 Å². The van der Waals surface area contributed by atoms with Gasteiger partial charge < -0.3 is 25.0 Å². The quantitative estimate of drug-likeness (QED) is 0.733. The molecule has 2 aromatic rings. The molecule has 2 aromatic carbocycles. The van der Waals surface area contributed by atoms with Gasteiger partial charge in [0.1, 0.15) is 11.4 Å². The molecule has 0 atom stereocenters. The molecule has 2 N–H and O–H groups in total. The van der Waals surface area contributed by atoms with Crippen LogP contribution in [0.4, 0.5) is 11.4 Å². The molecule has 0 bridgehead atoms. The van der Waals surface area contributed by atoms with Crippen molar-refractivity contribution in [2.24, 2.45) is 0 Å². The van der Waals surface area contributed by atoms with Gasteiger partial charge in [0.2, 0.25) is 12.7 Å². The number of benzene rings is 1. The molecule has 1 saturated heterocycles. The molecule has 2 heterocycles. The number of likely N-dealkylation sites (tertiary alicyclic amines) is 1. The normalized spacial score (nSPS) is 15.5. The van der Waals surface area contributed by atoms with Crippen molar-refractivity contribution in [2.45, 2.75) is 19.4 Å². The third-order valence-electron chi connectivity index (χ3n) is 4.69. The highest BCUT2D eigenvalue weighted by Crippen LogP contribution is 2.32. The zero-order chi connectivity index (χ0) is 18.1. The molecule has 0 unspecified atom stereocenters. The highest BCUT2D eigenvalue weighted by atomic mass is 16.7. The van der Waals surface area contributed by atoms with Gasteiger partial charge in [0.15, 0.2) is 11.5 Å². The van der Waals surface area contributed by atoms with Gasteiger partial charge in [-0.05, 0) is 30.5 Å². The first-order valence-electron chi connectivity index (χ1n) is 8.61. The predicted octanol–water partition coefficient (Wildman–Crippen LogP) is 0.658. The Labute approximate surface area is 149 Å². The van der Waals surface area contributed by atoms with Crippen molar-refractivity contribution in [3.8, 4) is 11.5 Å². The highest BCUT2D eigenvalue weighted by molar-refractivity contribution is 5.84. The van der Waals surface area contributed by atoms with Crippen LogP contribution in [0.5, 0.6) is 11.5 Å². The minimum absolute atomic E-state index is 0.0174. The SMILES string of the molecule is O=C(CNc1c(NCc2ccc3c(c2)OCO3)c(=O)c1=O)N1CCCC1. The van der Waals surface area contributed by atoms with Crippen molar-refractivity contribution in [2.75, 3.05) is 37.1 Å². The van der Waals surface area contributed by atoms with E-state index < -0.39 is 10.9 Å². The topological polar surface area (TPSA) is 97.0 Å². The van der Waals surface area contributed by atoms with Crippen LogP contribution in [-0.2, 0) is 11.3 Å². The molecule has 0 spiro atoms. The van der Waals surface area contributed by atoms with Crippen LogP contribution in [0.2, 0.25) is 0 Å². The molecule has 136 valence electrons. The third kappa shape index (κ3) is 2.98. The van der Waals surface area contributed by atoms with E-state index in [4.69, 9.17) is 9.47 Å². The van der Waals surface area contributed by atoms with Crippen molar-refractivity contribution >= 4 is 17.3 Å². The number of hydrogen-bond acceptors (Lipinski definition) is 7. The first-order valence-corrected chi connectivity index (χ1v) is 8.61. The van der Waals surface area contributed by atoms with E-state index in [1.807, 2.05) is 12.1 Å². The highest BCUT2D eigenvalue weighted by Gasteiger charge is 2.23. The average molecular weight is 357 g/mol. The molecule has 8 nitrogen and oxygen atoms in total. The molecular weight excluding hydrogens is 338 g/mol. The van der Waals surface area contributed by atoms with Gasteiger partial charge in [-0.2, -0.15) is 0 Å². The summed E-state index contributed by atoms with van der Waals surface area (Å²) >= 11 is 0. The summed E-state index contributed by atoms with van der Waals surface area (Å²) in [6, 6.07) is 5.48. The molecule has 2 aliphatic rings. The largest absolute Gasteiger partial charge is 0.454 e. The van der Waals surface area contributed by atoms with E-state index in [0.717, 1.165) is 31.5 Å². The second kappa shape index (κ2) is 6.70. The lowest BCUT2D eigenvalue weighted by molar-refractivity contribution is -0.128. The summed E-state index contributed by atoms with van der Waals surface area (Å²) in [7, 11) is 0. The number of hydrogen-bond donors (Lipinski definition) is 2. The number of nitrogens with one attached hydrogen (secondary N) is 2. The monoisotopic (exact) mass is 357 g/mol. The molecule has 2 aliphatic heterocycles. The van der Waals surface area contributed by atoms with Crippen LogP contribution in [-0.4, -0.2) is 37.2 Å². The second-order valence-electron chi connectivity index (χ2n) is 6.39. The van der Waals surface area contributed by atoms with Crippen LogP contribution >= 0.6 is 0 Å². The summed E-state index contributed by atoms with van der Waals surface area (Å²) in [5, 5.41) is 5.79. The number of anilines is 2. The van der Waals surface area contributed by atoms with Crippen LogP contribution in [0, 0.1) is 0 Å². The molecule has 0 saturated carbocycles. The van der Waals surface area contributed by atoms with Crippen molar-refractivity contribution in [1.29, 1.82) is 0 Å². The second-order valence-corrected chi connectivity index (χ2v) is 6.39. The Morgan fingerprint density at radius 3 is 2.46 bits per heavy atom. The molecule has 0 aliphatic carbocycles. The Morgan fingerprint density at radius 2 is 1.69 bits per heavy atom. The van der Waals surface area contributed by atoms with Crippen LogP contribution in [0.1, 0.15) is 18.4 Å². The van der Waals surface area contributed by atoms with Crippen molar-refractivity contribution in [1.82, 2.24) is 4.90 Å². The molecule has 1 fully saturated rings. The maximum atomic E-state index is 12.1. The van der Waals surface area contributed by atoms with E-state index in [9.17, 15) is 14.4 Å². The molecule has 8 heteroatoms. The van der Waals surface area contributed by atoms with E-state index in [-0.39, 0.29) is 30.6 Å². The lowest BCUT2D eigenvalue weighted by Gasteiger charge is -2.18. The lowest BCUT2D eigenvalue weighted by Crippen LogP contribution is -2.40. The van der Waals surface area contributed by atoms with Gasteiger partial charge in [-0.1, -0.05) is 6.07 Å².